The molecule has 0 aliphatic rings. The molecule has 0 aliphatic heterocycles. The maximum Gasteiger partial charge on any atom is 0.291 e. The number of imidazole rings is 1. The highest BCUT2D eigenvalue weighted by atomic mass is 19.1. The summed E-state index contributed by atoms with van der Waals surface area (Å²) in [7, 11) is 1.38. The predicted octanol–water partition coefficient (Wildman–Crippen LogP) is 0.698. The van der Waals surface area contributed by atoms with Crippen molar-refractivity contribution in [2.75, 3.05) is 0 Å². The van der Waals surface area contributed by atoms with Gasteiger partial charge >= 0.3 is 0 Å². The average Bonchev–Trinajstić information content (AvgIpc) is 1.85. The van der Waals surface area contributed by atoms with Crippen molar-refractivity contribution in [2.24, 2.45) is 7.05 Å². The molecular formula is C4H4F2N2. The Bertz CT molecular complexity index is 174. The third kappa shape index (κ3) is 0.685. The first kappa shape index (κ1) is 5.21. The number of hydrogen-bond donors (Lipinski definition) is 0. The summed E-state index contributed by atoms with van der Waals surface area (Å²) in [6.45, 7) is 0. The number of nitrogens with zero attached hydrogens (tertiary/aromatic N) is 2. The topological polar surface area (TPSA) is 17.8 Å². The van der Waals surface area contributed by atoms with Crippen LogP contribution in [-0.4, -0.2) is 9.55 Å². The highest BCUT2D eigenvalue weighted by molar-refractivity contribution is 4.78. The Hall–Kier alpha value is -0.930. The quantitative estimate of drug-likeness (QED) is 0.490. The molecule has 1 aromatic rings. The van der Waals surface area contributed by atoms with Gasteiger partial charge in [-0.2, -0.15) is 13.8 Å². The molecule has 0 aromatic carbocycles. The van der Waals surface area contributed by atoms with E-state index in [0.29, 0.717) is 0 Å². The second-order valence-corrected chi connectivity index (χ2v) is 1.44. The molecule has 0 N–H and O–H groups in total. The number of aromatic nitrogens is 2. The molecule has 1 heterocycles. The van der Waals surface area contributed by atoms with E-state index in [1.807, 2.05) is 0 Å². The zero-order valence-electron chi connectivity index (χ0n) is 4.23. The predicted molar refractivity (Wildman–Crippen MR) is 23.1 cm³/mol. The fourth-order valence-corrected chi connectivity index (χ4v) is 0.409. The lowest BCUT2D eigenvalue weighted by Gasteiger charge is -1.82. The van der Waals surface area contributed by atoms with Crippen LogP contribution < -0.4 is 0 Å². The summed E-state index contributed by atoms with van der Waals surface area (Å²) in [5, 5.41) is 0. The molecule has 0 fully saturated rings. The summed E-state index contributed by atoms with van der Waals surface area (Å²) < 4.78 is 24.7. The van der Waals surface area contributed by atoms with Crippen LogP contribution in [0.15, 0.2) is 6.20 Å². The van der Waals surface area contributed by atoms with Crippen molar-refractivity contribution in [3.05, 3.63) is 18.2 Å². The minimum Gasteiger partial charge on any atom is -0.307 e. The van der Waals surface area contributed by atoms with Gasteiger partial charge < -0.3 is 4.57 Å². The molecule has 0 unspecified atom stereocenters. The molecule has 0 spiro atoms. The van der Waals surface area contributed by atoms with E-state index in [1.54, 1.807) is 0 Å². The molecule has 8 heavy (non-hydrogen) atoms. The third-order valence-electron chi connectivity index (χ3n) is 0.790. The Labute approximate surface area is 44.8 Å². The second-order valence-electron chi connectivity index (χ2n) is 1.44. The van der Waals surface area contributed by atoms with E-state index >= 15 is 0 Å². The van der Waals surface area contributed by atoms with E-state index in [-0.39, 0.29) is 0 Å². The molecule has 1 aromatic heterocycles. The van der Waals surface area contributed by atoms with Gasteiger partial charge in [-0.05, 0) is 0 Å². The Morgan fingerprint density at radius 1 is 1.62 bits per heavy atom. The summed E-state index contributed by atoms with van der Waals surface area (Å²) in [4.78, 5) is 2.84. The van der Waals surface area contributed by atoms with Crippen LogP contribution in [0.4, 0.5) is 8.78 Å². The van der Waals surface area contributed by atoms with E-state index in [1.165, 1.54) is 7.05 Å². The summed E-state index contributed by atoms with van der Waals surface area (Å²) in [5.41, 5.74) is 0. The number of hydrogen-bond acceptors (Lipinski definition) is 1. The van der Waals surface area contributed by atoms with Gasteiger partial charge in [0.25, 0.3) is 6.08 Å². The van der Waals surface area contributed by atoms with E-state index in [0.717, 1.165) is 10.8 Å². The number of rotatable bonds is 0. The molecule has 0 saturated heterocycles. The Morgan fingerprint density at radius 3 is 2.38 bits per heavy atom. The van der Waals surface area contributed by atoms with Crippen LogP contribution in [0.3, 0.4) is 0 Å². The van der Waals surface area contributed by atoms with Crippen LogP contribution in [0.5, 0.6) is 0 Å². The minimum absolute atomic E-state index is 0.787. The van der Waals surface area contributed by atoms with Gasteiger partial charge in [0.2, 0.25) is 5.95 Å². The summed E-state index contributed by atoms with van der Waals surface area (Å²) in [5.74, 6) is -0.787. The monoisotopic (exact) mass is 118 g/mol. The van der Waals surface area contributed by atoms with Crippen LogP contribution in [0.2, 0.25) is 0 Å². The zero-order valence-corrected chi connectivity index (χ0v) is 4.23. The van der Waals surface area contributed by atoms with E-state index in [2.05, 4.69) is 4.98 Å². The lowest BCUT2D eigenvalue weighted by atomic mass is 10.9. The standard InChI is InChI=1S/C4H4F2N2/c1-8-2-3(5)7-4(8)6/h2H,1H3. The van der Waals surface area contributed by atoms with Gasteiger partial charge in [-0.15, -0.1) is 0 Å². The van der Waals surface area contributed by atoms with Crippen molar-refractivity contribution >= 4 is 0 Å². The van der Waals surface area contributed by atoms with Gasteiger partial charge in [-0.3, -0.25) is 0 Å². The smallest absolute Gasteiger partial charge is 0.291 e. The van der Waals surface area contributed by atoms with E-state index in [9.17, 15) is 8.78 Å². The molecule has 4 heteroatoms. The summed E-state index contributed by atoms with van der Waals surface area (Å²) >= 11 is 0. The van der Waals surface area contributed by atoms with Gasteiger partial charge in [0.05, 0.1) is 6.20 Å². The molecule has 0 radical (unpaired) electrons. The maximum absolute atomic E-state index is 12.0. The highest BCUT2D eigenvalue weighted by Crippen LogP contribution is 1.94. The van der Waals surface area contributed by atoms with Crippen LogP contribution in [0.1, 0.15) is 0 Å². The van der Waals surface area contributed by atoms with Gasteiger partial charge in [0, 0.05) is 7.05 Å². The summed E-state index contributed by atoms with van der Waals surface area (Å²) in [6, 6.07) is 0. The van der Waals surface area contributed by atoms with E-state index in [4.69, 9.17) is 0 Å². The SMILES string of the molecule is Cn1cc(F)nc1F. The average molecular weight is 118 g/mol. The van der Waals surface area contributed by atoms with Gasteiger partial charge in [-0.25, -0.2) is 0 Å². The van der Waals surface area contributed by atoms with Crippen molar-refractivity contribution in [3.63, 3.8) is 0 Å². The van der Waals surface area contributed by atoms with Crippen molar-refractivity contribution in [2.45, 2.75) is 0 Å². The Balaban J connectivity index is 3.14. The molecule has 0 aliphatic carbocycles. The van der Waals surface area contributed by atoms with E-state index < -0.39 is 12.0 Å². The number of aryl methyl sites for hydroxylation is 1. The van der Waals surface area contributed by atoms with Crippen LogP contribution in [-0.2, 0) is 7.05 Å². The molecule has 0 saturated carbocycles. The molecular weight excluding hydrogens is 114 g/mol. The first-order chi connectivity index (χ1) is 3.70. The Morgan fingerprint density at radius 2 is 2.25 bits per heavy atom. The summed E-state index contributed by atoms with van der Waals surface area (Å²) in [6.07, 6.45) is 0.164. The molecule has 1 rings (SSSR count). The van der Waals surface area contributed by atoms with Gasteiger partial charge in [-0.1, -0.05) is 0 Å². The molecule has 2 nitrogen and oxygen atoms in total. The van der Waals surface area contributed by atoms with Gasteiger partial charge in [0.15, 0.2) is 0 Å². The molecule has 0 bridgehead atoms. The lowest BCUT2D eigenvalue weighted by molar-refractivity contribution is 0.489. The minimum atomic E-state index is -0.803. The van der Waals surface area contributed by atoms with Crippen LogP contribution >= 0.6 is 0 Å². The van der Waals surface area contributed by atoms with Crippen molar-refractivity contribution in [3.8, 4) is 0 Å². The lowest BCUT2D eigenvalue weighted by Crippen LogP contribution is -1.88. The largest absolute Gasteiger partial charge is 0.307 e. The highest BCUT2D eigenvalue weighted by Gasteiger charge is 1.99. The number of halogens is 2. The van der Waals surface area contributed by atoms with Crippen LogP contribution in [0, 0.1) is 12.0 Å². The first-order valence-corrected chi connectivity index (χ1v) is 2.04. The van der Waals surface area contributed by atoms with Gasteiger partial charge in [0.1, 0.15) is 0 Å². The van der Waals surface area contributed by atoms with Crippen LogP contribution in [0.25, 0.3) is 0 Å². The molecule has 0 amide bonds. The van der Waals surface area contributed by atoms with Crippen molar-refractivity contribution in [1.82, 2.24) is 9.55 Å². The molecule has 0 atom stereocenters. The maximum atomic E-state index is 12.0. The van der Waals surface area contributed by atoms with Crippen molar-refractivity contribution in [1.29, 1.82) is 0 Å². The first-order valence-electron chi connectivity index (χ1n) is 2.04. The zero-order chi connectivity index (χ0) is 6.15. The fraction of sp³-hybridized carbons (Fsp3) is 0.250. The normalized spacial score (nSPS) is 9.88. The fourth-order valence-electron chi connectivity index (χ4n) is 0.409. The molecule has 44 valence electrons. The Kier molecular flexibility index (Phi) is 1.00. The van der Waals surface area contributed by atoms with Crippen molar-refractivity contribution < 1.29 is 8.78 Å². The second kappa shape index (κ2) is 1.54. The third-order valence-corrected chi connectivity index (χ3v) is 0.790.